The van der Waals surface area contributed by atoms with Crippen molar-refractivity contribution in [2.24, 2.45) is 28.6 Å². The normalized spacial score (nSPS) is 48.0. The van der Waals surface area contributed by atoms with E-state index >= 15 is 4.39 Å². The predicted molar refractivity (Wildman–Crippen MR) is 110 cm³/mol. The lowest BCUT2D eigenvalue weighted by Gasteiger charge is -2.62. The van der Waals surface area contributed by atoms with Crippen LogP contribution in [0.4, 0.5) is 4.39 Å². The van der Waals surface area contributed by atoms with Gasteiger partial charge in [0.05, 0.1) is 6.10 Å². The molecule has 8 atom stereocenters. The summed E-state index contributed by atoms with van der Waals surface area (Å²) in [5.74, 6) is -2.98. The maximum absolute atomic E-state index is 17.0. The van der Waals surface area contributed by atoms with E-state index in [0.717, 1.165) is 0 Å². The third kappa shape index (κ3) is 2.89. The van der Waals surface area contributed by atoms with Crippen LogP contribution in [0.2, 0.25) is 0 Å². The van der Waals surface area contributed by atoms with Crippen molar-refractivity contribution in [2.75, 3.05) is 6.61 Å². The first-order valence-corrected chi connectivity index (χ1v) is 12.2. The average molecular weight is 473 g/mol. The summed E-state index contributed by atoms with van der Waals surface area (Å²) in [6.07, 6.45) is 3.60. The summed E-state index contributed by atoms with van der Waals surface area (Å²) in [5.41, 5.74) is -5.97. The third-order valence-electron chi connectivity index (χ3n) is 8.99. The van der Waals surface area contributed by atoms with Gasteiger partial charge in [0.2, 0.25) is 0 Å². The average Bonchev–Trinajstić information content (AvgIpc) is 2.89. The summed E-state index contributed by atoms with van der Waals surface area (Å²) in [7, 11) is -4.89. The van der Waals surface area contributed by atoms with E-state index in [9.17, 15) is 28.2 Å². The molecule has 178 valence electrons. The minimum atomic E-state index is -4.89. The van der Waals surface area contributed by atoms with E-state index in [1.807, 2.05) is 0 Å². The lowest BCUT2D eigenvalue weighted by molar-refractivity contribution is -0.219. The van der Waals surface area contributed by atoms with E-state index in [-0.39, 0.29) is 12.2 Å². The van der Waals surface area contributed by atoms with Gasteiger partial charge in [-0.3, -0.25) is 14.1 Å². The summed E-state index contributed by atoms with van der Waals surface area (Å²) in [6.45, 7) is 3.88. The number of carbonyl (C=O) groups is 2. The lowest BCUT2D eigenvalue weighted by atomic mass is 9.44. The topological polar surface area (TPSA) is 138 Å². The van der Waals surface area contributed by atoms with Crippen molar-refractivity contribution in [3.63, 3.8) is 0 Å². The first kappa shape index (κ1) is 23.7. The van der Waals surface area contributed by atoms with Gasteiger partial charge in [-0.05, 0) is 56.6 Å². The Kier molecular flexibility index (Phi) is 5.20. The molecule has 3 saturated carbocycles. The number of aliphatic hydroxyl groups is 2. The zero-order chi connectivity index (χ0) is 23.9. The highest BCUT2D eigenvalue weighted by molar-refractivity contribution is 7.80. The van der Waals surface area contributed by atoms with Gasteiger partial charge < -0.3 is 10.2 Å². The maximum atomic E-state index is 17.0. The smallest absolute Gasteiger partial charge is 0.390 e. The molecule has 0 aliphatic heterocycles. The van der Waals surface area contributed by atoms with E-state index in [1.54, 1.807) is 20.8 Å². The second-order valence-corrected chi connectivity index (χ2v) is 11.4. The van der Waals surface area contributed by atoms with Gasteiger partial charge in [-0.25, -0.2) is 8.57 Å². The van der Waals surface area contributed by atoms with Crippen molar-refractivity contribution >= 4 is 22.0 Å². The zero-order valence-corrected chi connectivity index (χ0v) is 19.1. The van der Waals surface area contributed by atoms with Crippen molar-refractivity contribution < 1.29 is 41.3 Å². The predicted octanol–water partition coefficient (Wildman–Crippen LogP) is 1.72. The van der Waals surface area contributed by atoms with Gasteiger partial charge in [0.25, 0.3) is 0 Å². The number of rotatable bonds is 4. The lowest BCUT2D eigenvalue weighted by Crippen LogP contribution is -2.69. The second kappa shape index (κ2) is 7.02. The van der Waals surface area contributed by atoms with Crippen LogP contribution in [-0.4, -0.2) is 58.7 Å². The SMILES string of the molecule is C[C@@H]1C[C@H]2[C@@H]3CCC4=CC(=O)C=C[C@]4(C)[C@@]3(F)[C@@H](O)C[C@]2(C)[C@@]1(O)C(=O)COS(=O)(=O)O. The number of aliphatic hydroxyl groups excluding tert-OH is 1. The Morgan fingerprint density at radius 1 is 1.31 bits per heavy atom. The Labute approximate surface area is 186 Å². The highest BCUT2D eigenvalue weighted by atomic mass is 32.3. The fourth-order valence-corrected chi connectivity index (χ4v) is 7.63. The molecule has 32 heavy (non-hydrogen) atoms. The van der Waals surface area contributed by atoms with Gasteiger partial charge in [-0.15, -0.1) is 0 Å². The Morgan fingerprint density at radius 3 is 2.59 bits per heavy atom. The number of halogens is 1. The molecule has 0 unspecified atom stereocenters. The van der Waals surface area contributed by atoms with E-state index in [0.29, 0.717) is 24.8 Å². The van der Waals surface area contributed by atoms with Crippen LogP contribution in [0.5, 0.6) is 0 Å². The number of fused-ring (bicyclic) bond motifs is 5. The van der Waals surface area contributed by atoms with Crippen LogP contribution in [0.1, 0.15) is 46.5 Å². The Hall–Kier alpha value is -1.46. The molecule has 3 N–H and O–H groups in total. The first-order chi connectivity index (χ1) is 14.6. The first-order valence-electron chi connectivity index (χ1n) is 10.8. The highest BCUT2D eigenvalue weighted by Crippen LogP contribution is 2.70. The molecular weight excluding hydrogens is 443 g/mol. The molecule has 8 nitrogen and oxygen atoms in total. The van der Waals surface area contributed by atoms with Crippen molar-refractivity contribution in [1.29, 1.82) is 0 Å². The Bertz CT molecular complexity index is 1040. The summed E-state index contributed by atoms with van der Waals surface area (Å²) < 4.78 is 51.9. The Morgan fingerprint density at radius 2 is 1.97 bits per heavy atom. The summed E-state index contributed by atoms with van der Waals surface area (Å²) in [6, 6.07) is 0. The molecule has 4 aliphatic rings. The fraction of sp³-hybridized carbons (Fsp3) is 0.727. The number of Topliss-reactive ketones (excluding diaryl/α,β-unsaturated/α-hetero) is 1. The van der Waals surface area contributed by atoms with Gasteiger partial charge in [0.1, 0.15) is 12.2 Å². The number of alkyl halides is 1. The molecule has 4 rings (SSSR count). The molecule has 0 heterocycles. The van der Waals surface area contributed by atoms with Crippen LogP contribution >= 0.6 is 0 Å². The molecule has 10 heteroatoms. The summed E-state index contributed by atoms with van der Waals surface area (Å²) in [5, 5.41) is 22.8. The minimum Gasteiger partial charge on any atom is -0.390 e. The van der Waals surface area contributed by atoms with Crippen LogP contribution in [0.3, 0.4) is 0 Å². The van der Waals surface area contributed by atoms with Crippen LogP contribution < -0.4 is 0 Å². The van der Waals surface area contributed by atoms with Crippen LogP contribution in [0.25, 0.3) is 0 Å². The van der Waals surface area contributed by atoms with Gasteiger partial charge in [0, 0.05) is 16.7 Å². The highest BCUT2D eigenvalue weighted by Gasteiger charge is 2.75. The molecule has 0 radical (unpaired) electrons. The van der Waals surface area contributed by atoms with E-state index in [1.165, 1.54) is 18.2 Å². The van der Waals surface area contributed by atoms with E-state index in [4.69, 9.17) is 4.55 Å². The zero-order valence-electron chi connectivity index (χ0n) is 18.2. The van der Waals surface area contributed by atoms with Crippen molar-refractivity contribution in [1.82, 2.24) is 0 Å². The monoisotopic (exact) mass is 472 g/mol. The van der Waals surface area contributed by atoms with E-state index < -0.39 is 68.7 Å². The van der Waals surface area contributed by atoms with Gasteiger partial charge in [-0.2, -0.15) is 8.42 Å². The van der Waals surface area contributed by atoms with E-state index in [2.05, 4.69) is 4.18 Å². The summed E-state index contributed by atoms with van der Waals surface area (Å²) in [4.78, 5) is 24.9. The molecule has 0 bridgehead atoms. The number of hydrogen-bond donors (Lipinski definition) is 3. The molecule has 0 aromatic rings. The van der Waals surface area contributed by atoms with Crippen LogP contribution in [0, 0.1) is 28.6 Å². The molecule has 4 aliphatic carbocycles. The molecule has 0 amide bonds. The quantitative estimate of drug-likeness (QED) is 0.526. The van der Waals surface area contributed by atoms with Gasteiger partial charge >= 0.3 is 10.4 Å². The van der Waals surface area contributed by atoms with Crippen molar-refractivity contribution in [3.8, 4) is 0 Å². The van der Waals surface area contributed by atoms with Crippen molar-refractivity contribution in [3.05, 3.63) is 23.8 Å². The number of hydrogen-bond acceptors (Lipinski definition) is 7. The van der Waals surface area contributed by atoms with Gasteiger partial charge in [-0.1, -0.05) is 25.5 Å². The standard InChI is InChI=1S/C22H29FO8S/c1-12-8-16-15-5-4-13-9-14(24)6-7-19(13,2)21(15,23)17(25)10-20(16,3)22(12,27)18(26)11-31-32(28,29)30/h6-7,9,12,15-17,25,27H,4-5,8,10-11H2,1-3H3,(H,28,29,30)/t12-,15+,16+,17+,19+,20+,21+,22+/m1/s1. The number of ketones is 2. The van der Waals surface area contributed by atoms with Gasteiger partial charge in [0.15, 0.2) is 17.2 Å². The largest absolute Gasteiger partial charge is 0.397 e. The molecule has 0 aromatic carbocycles. The molecular formula is C22H29FO8S. The van der Waals surface area contributed by atoms with Crippen LogP contribution in [-0.2, 0) is 24.2 Å². The molecule has 0 aromatic heterocycles. The Balaban J connectivity index is 1.75. The van der Waals surface area contributed by atoms with Crippen molar-refractivity contribution in [2.45, 2.75) is 63.8 Å². The molecule has 0 saturated heterocycles. The third-order valence-corrected chi connectivity index (χ3v) is 9.40. The fourth-order valence-electron chi connectivity index (χ4n) is 7.38. The number of carbonyl (C=O) groups excluding carboxylic acids is 2. The molecule has 0 spiro atoms. The minimum absolute atomic E-state index is 0.219. The second-order valence-electron chi connectivity index (χ2n) is 10.3. The summed E-state index contributed by atoms with van der Waals surface area (Å²) >= 11 is 0. The number of allylic oxidation sites excluding steroid dienone is 4. The maximum Gasteiger partial charge on any atom is 0.397 e. The molecule has 3 fully saturated rings. The van der Waals surface area contributed by atoms with Crippen LogP contribution in [0.15, 0.2) is 23.8 Å².